The van der Waals surface area contributed by atoms with Crippen molar-refractivity contribution in [1.29, 1.82) is 0 Å². The largest absolute Gasteiger partial charge is 0.458 e. The maximum absolute atomic E-state index is 14.4. The second-order valence-corrected chi connectivity index (χ2v) is 16.9. The molecule has 0 radical (unpaired) electrons. The Morgan fingerprint density at radius 1 is 0.629 bits per heavy atom. The number of aromatic nitrogens is 3. The Balaban J connectivity index is 1.45. The van der Waals surface area contributed by atoms with Crippen LogP contribution in [-0.2, 0) is 54.4 Å². The first-order chi connectivity index (χ1) is 29.9. The average molecular weight is 847 g/mol. The Labute approximate surface area is 365 Å². The maximum Gasteiger partial charge on any atom is 0.310 e. The van der Waals surface area contributed by atoms with E-state index in [1.807, 2.05) is 64.1 Å². The van der Waals surface area contributed by atoms with Gasteiger partial charge in [0.25, 0.3) is 5.91 Å². The van der Waals surface area contributed by atoms with Crippen molar-refractivity contribution in [3.8, 4) is 0 Å². The minimum Gasteiger partial charge on any atom is -0.458 e. The van der Waals surface area contributed by atoms with Gasteiger partial charge in [-0.2, -0.15) is 0 Å². The molecule has 4 aromatic rings. The Morgan fingerprint density at radius 2 is 1.19 bits per heavy atom. The van der Waals surface area contributed by atoms with E-state index < -0.39 is 42.0 Å². The summed E-state index contributed by atoms with van der Waals surface area (Å²) in [5, 5.41) is 10.8. The number of ether oxygens (including phenoxy) is 1. The molecule has 3 heterocycles. The summed E-state index contributed by atoms with van der Waals surface area (Å²) in [4.78, 5) is 81.5. The van der Waals surface area contributed by atoms with Crippen molar-refractivity contribution in [1.82, 2.24) is 41.3 Å². The van der Waals surface area contributed by atoms with Gasteiger partial charge in [0, 0.05) is 43.7 Å². The van der Waals surface area contributed by atoms with E-state index in [-0.39, 0.29) is 61.8 Å². The molecule has 3 aromatic heterocycles. The molecule has 1 aliphatic rings. The highest BCUT2D eigenvalue weighted by Gasteiger charge is 2.35. The fourth-order valence-electron chi connectivity index (χ4n) is 7.73. The lowest BCUT2D eigenvalue weighted by molar-refractivity contribution is -0.153. The van der Waals surface area contributed by atoms with Crippen LogP contribution in [0.15, 0.2) is 104 Å². The van der Waals surface area contributed by atoms with E-state index in [1.54, 1.807) is 72.5 Å². The number of nitrogens with one attached hydrogen (secondary N) is 4. The van der Waals surface area contributed by atoms with E-state index in [9.17, 15) is 24.0 Å². The Hall–Kier alpha value is -6.02. The van der Waals surface area contributed by atoms with Gasteiger partial charge < -0.3 is 20.7 Å². The van der Waals surface area contributed by atoms with Gasteiger partial charge in [0.15, 0.2) is 0 Å². The number of hydrogen-bond acceptors (Lipinski definition) is 10. The topological polar surface area (TPSA) is 185 Å². The van der Waals surface area contributed by atoms with Gasteiger partial charge in [-0.15, -0.1) is 0 Å². The summed E-state index contributed by atoms with van der Waals surface area (Å²) < 4.78 is 6.39. The fraction of sp³-hybridized carbons (Fsp3) is 0.458. The quantitative estimate of drug-likeness (QED) is 0.0637. The van der Waals surface area contributed by atoms with Gasteiger partial charge in [-0.25, -0.2) is 5.01 Å². The van der Waals surface area contributed by atoms with Crippen molar-refractivity contribution in [2.45, 2.75) is 110 Å². The number of hydrogen-bond donors (Lipinski definition) is 4. The fourth-order valence-corrected chi connectivity index (χ4v) is 7.73. The van der Waals surface area contributed by atoms with Crippen molar-refractivity contribution >= 4 is 29.6 Å². The Kier molecular flexibility index (Phi) is 18.5. The Morgan fingerprint density at radius 3 is 1.74 bits per heavy atom. The summed E-state index contributed by atoms with van der Waals surface area (Å²) in [5.41, 5.74) is 6.15. The summed E-state index contributed by atoms with van der Waals surface area (Å²) in [6, 6.07) is 17.6. The molecule has 330 valence electrons. The highest BCUT2D eigenvalue weighted by Crippen LogP contribution is 2.25. The molecule has 1 aromatic carbocycles. The van der Waals surface area contributed by atoms with Gasteiger partial charge in [0.2, 0.25) is 17.7 Å². The highest BCUT2D eigenvalue weighted by molar-refractivity contribution is 5.89. The molecular formula is C48H62N8O6. The number of benzene rings is 1. The molecule has 14 nitrogen and oxygen atoms in total. The number of esters is 1. The van der Waals surface area contributed by atoms with E-state index >= 15 is 0 Å². The van der Waals surface area contributed by atoms with Gasteiger partial charge >= 0.3 is 5.97 Å². The van der Waals surface area contributed by atoms with Crippen LogP contribution in [0.4, 0.5) is 0 Å². The third-order valence-electron chi connectivity index (χ3n) is 11.0. The SMILES string of the molecule is CC(C)[C@H](NC(=O)Cc1cccnc1)C(=O)N[C@@H](Cc1ccccc1)[C@H](CN(CC1CCCCC1)NC(=O)[C@@H](NC(=O)Cc1cccnc1)C(C)C)OC(=O)Cc1ccncc1. The molecule has 4 amide bonds. The lowest BCUT2D eigenvalue weighted by Crippen LogP contribution is -2.60. The van der Waals surface area contributed by atoms with E-state index in [0.717, 1.165) is 43.2 Å². The first kappa shape index (κ1) is 47.0. The van der Waals surface area contributed by atoms with Crippen LogP contribution in [0.5, 0.6) is 0 Å². The normalized spacial score (nSPS) is 15.0. The molecule has 1 aliphatic carbocycles. The molecular weight excluding hydrogens is 785 g/mol. The predicted molar refractivity (Wildman–Crippen MR) is 236 cm³/mol. The molecule has 5 rings (SSSR count). The maximum atomic E-state index is 14.4. The zero-order valence-corrected chi connectivity index (χ0v) is 36.4. The molecule has 14 heteroatoms. The van der Waals surface area contributed by atoms with Crippen LogP contribution in [0.2, 0.25) is 0 Å². The first-order valence-corrected chi connectivity index (χ1v) is 21.8. The third-order valence-corrected chi connectivity index (χ3v) is 11.0. The van der Waals surface area contributed by atoms with Gasteiger partial charge in [-0.05, 0) is 83.5 Å². The van der Waals surface area contributed by atoms with Crippen LogP contribution < -0.4 is 21.4 Å². The van der Waals surface area contributed by atoms with Crippen molar-refractivity contribution < 1.29 is 28.7 Å². The van der Waals surface area contributed by atoms with Crippen LogP contribution in [0, 0.1) is 17.8 Å². The lowest BCUT2D eigenvalue weighted by Gasteiger charge is -2.37. The smallest absolute Gasteiger partial charge is 0.310 e. The highest BCUT2D eigenvalue weighted by atomic mass is 16.5. The molecule has 0 bridgehead atoms. The van der Waals surface area contributed by atoms with E-state index in [1.165, 1.54) is 0 Å². The molecule has 0 saturated heterocycles. The second-order valence-electron chi connectivity index (χ2n) is 16.9. The standard InChI is InChI=1S/C48H62N8O6/c1-33(2)45(53-42(57)26-38-17-11-21-50-29-38)47(60)52-40(25-35-13-7-5-8-14-35)41(62-44(59)28-36-19-23-49-24-20-36)32-56(31-37-15-9-6-10-16-37)55-48(61)46(34(3)4)54-43(58)27-39-18-12-22-51-30-39/h5,7-8,11-14,17-24,29-30,33-34,37,40-41,45-46H,6,9-10,15-16,25-28,31-32H2,1-4H3,(H,52,60)(H,53,57)(H,54,58)(H,55,61)/t40-,41-,45-,46-/m0/s1. The molecule has 0 unspecified atom stereocenters. The average Bonchev–Trinajstić information content (AvgIpc) is 3.25. The molecule has 0 spiro atoms. The second kappa shape index (κ2) is 24.4. The number of hydrazine groups is 1. The zero-order chi connectivity index (χ0) is 44.3. The number of carbonyl (C=O) groups excluding carboxylic acids is 5. The molecule has 0 aliphatic heterocycles. The number of carbonyl (C=O) groups is 5. The molecule has 4 atom stereocenters. The minimum absolute atomic E-state index is 0.0241. The molecule has 4 N–H and O–H groups in total. The summed E-state index contributed by atoms with van der Waals surface area (Å²) in [5.74, 6) is -2.31. The zero-order valence-electron chi connectivity index (χ0n) is 36.4. The monoisotopic (exact) mass is 846 g/mol. The van der Waals surface area contributed by atoms with Crippen LogP contribution in [-0.4, -0.2) is 86.9 Å². The third kappa shape index (κ3) is 15.8. The van der Waals surface area contributed by atoms with Crippen LogP contribution >= 0.6 is 0 Å². The molecule has 62 heavy (non-hydrogen) atoms. The number of amides is 4. The van der Waals surface area contributed by atoms with Crippen LogP contribution in [0.3, 0.4) is 0 Å². The van der Waals surface area contributed by atoms with Crippen molar-refractivity contribution in [2.24, 2.45) is 17.8 Å². The number of nitrogens with zero attached hydrogens (tertiary/aromatic N) is 4. The van der Waals surface area contributed by atoms with Crippen molar-refractivity contribution in [3.05, 3.63) is 126 Å². The van der Waals surface area contributed by atoms with Gasteiger partial charge in [-0.1, -0.05) is 89.4 Å². The number of rotatable bonds is 22. The van der Waals surface area contributed by atoms with Crippen LogP contribution in [0.25, 0.3) is 0 Å². The predicted octanol–water partition coefficient (Wildman–Crippen LogP) is 4.73. The van der Waals surface area contributed by atoms with E-state index in [2.05, 4.69) is 36.3 Å². The van der Waals surface area contributed by atoms with Crippen molar-refractivity contribution in [2.75, 3.05) is 13.1 Å². The first-order valence-electron chi connectivity index (χ1n) is 21.8. The van der Waals surface area contributed by atoms with E-state index in [4.69, 9.17) is 4.74 Å². The van der Waals surface area contributed by atoms with Gasteiger partial charge in [-0.3, -0.25) is 44.4 Å². The lowest BCUT2D eigenvalue weighted by atomic mass is 9.89. The van der Waals surface area contributed by atoms with Crippen molar-refractivity contribution in [3.63, 3.8) is 0 Å². The van der Waals surface area contributed by atoms with Crippen LogP contribution in [0.1, 0.15) is 82.1 Å². The summed E-state index contributed by atoms with van der Waals surface area (Å²) in [6.07, 6.45) is 14.3. The van der Waals surface area contributed by atoms with Gasteiger partial charge in [0.05, 0.1) is 31.8 Å². The Bertz CT molecular complexity index is 2000. The van der Waals surface area contributed by atoms with E-state index in [0.29, 0.717) is 17.7 Å². The summed E-state index contributed by atoms with van der Waals surface area (Å²) >= 11 is 0. The number of pyridine rings is 3. The molecule has 1 saturated carbocycles. The molecule has 1 fully saturated rings. The summed E-state index contributed by atoms with van der Waals surface area (Å²) in [7, 11) is 0. The van der Waals surface area contributed by atoms with Gasteiger partial charge in [0.1, 0.15) is 18.2 Å². The minimum atomic E-state index is -0.978. The summed E-state index contributed by atoms with van der Waals surface area (Å²) in [6.45, 7) is 7.94.